The number of hydrogen-bond donors (Lipinski definition) is 2. The fourth-order valence-electron chi connectivity index (χ4n) is 2.03. The van der Waals surface area contributed by atoms with Crippen molar-refractivity contribution < 1.29 is 22.8 Å². The Hall–Kier alpha value is -2.74. The van der Waals surface area contributed by atoms with Crippen LogP contribution >= 0.6 is 0 Å². The lowest BCUT2D eigenvalue weighted by atomic mass is 10.1. The van der Waals surface area contributed by atoms with E-state index < -0.39 is 11.7 Å². The molecule has 2 aromatic rings. The highest BCUT2D eigenvalue weighted by molar-refractivity contribution is 5.58. The van der Waals surface area contributed by atoms with Gasteiger partial charge >= 0.3 is 6.18 Å². The largest absolute Gasteiger partial charge is 0.423 e. The first kappa shape index (κ1) is 15.2. The van der Waals surface area contributed by atoms with E-state index in [0.29, 0.717) is 23.6 Å². The number of benzene rings is 1. The molecule has 0 spiro atoms. The lowest BCUT2D eigenvalue weighted by Crippen LogP contribution is -2.17. The van der Waals surface area contributed by atoms with Gasteiger partial charge in [0.2, 0.25) is 0 Å². The molecule has 1 aliphatic heterocycles. The van der Waals surface area contributed by atoms with Gasteiger partial charge in [0.15, 0.2) is 5.76 Å². The van der Waals surface area contributed by atoms with Gasteiger partial charge in [0.25, 0.3) is 6.01 Å². The number of aromatic nitrogens is 1. The average Bonchev–Trinajstić information content (AvgIpc) is 2.95. The highest BCUT2D eigenvalue weighted by atomic mass is 19.4. The summed E-state index contributed by atoms with van der Waals surface area (Å²) in [6.07, 6.45) is 1.98. The van der Waals surface area contributed by atoms with Gasteiger partial charge in [0, 0.05) is 5.56 Å². The molecule has 0 atom stereocenters. The minimum atomic E-state index is -4.37. The molecule has 23 heavy (non-hydrogen) atoms. The lowest BCUT2D eigenvalue weighted by molar-refractivity contribution is -0.137. The number of nitrogens with zero attached hydrogens (tertiary/aromatic N) is 2. The van der Waals surface area contributed by atoms with Crippen LogP contribution in [0, 0.1) is 0 Å². The zero-order chi connectivity index (χ0) is 16.4. The Kier molecular flexibility index (Phi) is 3.83. The molecule has 3 rings (SSSR count). The second kappa shape index (κ2) is 5.81. The first-order valence-electron chi connectivity index (χ1n) is 6.66. The van der Waals surface area contributed by atoms with Crippen LogP contribution in [0.4, 0.5) is 19.2 Å². The zero-order valence-electron chi connectivity index (χ0n) is 11.7. The van der Waals surface area contributed by atoms with Crippen LogP contribution in [0.1, 0.15) is 5.56 Å². The Balaban J connectivity index is 1.75. The van der Waals surface area contributed by atoms with Gasteiger partial charge in [-0.25, -0.2) is 4.98 Å². The van der Waals surface area contributed by atoms with Crippen LogP contribution in [0.5, 0.6) is 0 Å². The van der Waals surface area contributed by atoms with Crippen LogP contribution in [0.2, 0.25) is 0 Å². The SMILES string of the molecule is ON1C=C(Nc2ncc(-c3ccc(C(F)(F)F)cc3)o2)C=CC1. The average molecular weight is 323 g/mol. The number of allylic oxidation sites excluding steroid dienone is 1. The highest BCUT2D eigenvalue weighted by Crippen LogP contribution is 2.31. The van der Waals surface area contributed by atoms with Gasteiger partial charge in [-0.2, -0.15) is 13.2 Å². The number of nitrogens with one attached hydrogen (secondary N) is 1. The number of oxazole rings is 1. The molecule has 0 saturated heterocycles. The van der Waals surface area contributed by atoms with E-state index in [9.17, 15) is 18.4 Å². The summed E-state index contributed by atoms with van der Waals surface area (Å²) in [4.78, 5) is 4.01. The number of hydroxylamine groups is 2. The smallest absolute Gasteiger partial charge is 0.416 e. The summed E-state index contributed by atoms with van der Waals surface area (Å²) in [5.41, 5.74) is 0.328. The summed E-state index contributed by atoms with van der Waals surface area (Å²) in [7, 11) is 0. The maximum absolute atomic E-state index is 12.5. The molecule has 1 aromatic carbocycles. The van der Waals surface area contributed by atoms with E-state index in [-0.39, 0.29) is 6.01 Å². The van der Waals surface area contributed by atoms with Crippen LogP contribution in [0.25, 0.3) is 11.3 Å². The van der Waals surface area contributed by atoms with Crippen molar-refractivity contribution >= 4 is 6.01 Å². The molecule has 0 radical (unpaired) electrons. The van der Waals surface area contributed by atoms with Crippen molar-refractivity contribution in [3.05, 3.63) is 60.1 Å². The normalized spacial score (nSPS) is 14.8. The maximum atomic E-state index is 12.5. The van der Waals surface area contributed by atoms with Gasteiger partial charge in [-0.15, -0.1) is 0 Å². The fourth-order valence-corrected chi connectivity index (χ4v) is 2.03. The summed E-state index contributed by atoms with van der Waals surface area (Å²) in [6.45, 7) is 0.383. The zero-order valence-corrected chi connectivity index (χ0v) is 11.7. The minimum Gasteiger partial charge on any atom is -0.423 e. The number of rotatable bonds is 3. The highest BCUT2D eigenvalue weighted by Gasteiger charge is 2.30. The summed E-state index contributed by atoms with van der Waals surface area (Å²) < 4.78 is 43.1. The van der Waals surface area contributed by atoms with Crippen molar-refractivity contribution in [2.75, 3.05) is 11.9 Å². The second-order valence-electron chi connectivity index (χ2n) is 4.84. The Morgan fingerprint density at radius 3 is 2.61 bits per heavy atom. The number of anilines is 1. The van der Waals surface area contributed by atoms with Gasteiger partial charge in [-0.05, 0) is 18.2 Å². The third-order valence-electron chi connectivity index (χ3n) is 3.13. The lowest BCUT2D eigenvalue weighted by Gasteiger charge is -2.15. The summed E-state index contributed by atoms with van der Waals surface area (Å²) >= 11 is 0. The second-order valence-corrected chi connectivity index (χ2v) is 4.84. The van der Waals surface area contributed by atoms with Crippen molar-refractivity contribution in [1.29, 1.82) is 0 Å². The molecule has 8 heteroatoms. The summed E-state index contributed by atoms with van der Waals surface area (Å²) in [6, 6.07) is 4.79. The van der Waals surface area contributed by atoms with E-state index >= 15 is 0 Å². The predicted octanol–water partition coefficient (Wildman–Crippen LogP) is 3.87. The molecule has 5 nitrogen and oxygen atoms in total. The van der Waals surface area contributed by atoms with Crippen LogP contribution in [0.15, 0.2) is 58.9 Å². The Morgan fingerprint density at radius 1 is 1.22 bits per heavy atom. The van der Waals surface area contributed by atoms with Crippen molar-refractivity contribution in [2.45, 2.75) is 6.18 Å². The Morgan fingerprint density at radius 2 is 1.96 bits per heavy atom. The van der Waals surface area contributed by atoms with E-state index in [0.717, 1.165) is 17.2 Å². The third-order valence-corrected chi connectivity index (χ3v) is 3.13. The van der Waals surface area contributed by atoms with E-state index in [2.05, 4.69) is 10.3 Å². The molecule has 0 fully saturated rings. The summed E-state index contributed by atoms with van der Waals surface area (Å²) in [5.74, 6) is 0.336. The topological polar surface area (TPSA) is 61.5 Å². The van der Waals surface area contributed by atoms with Crippen LogP contribution in [-0.2, 0) is 6.18 Å². The van der Waals surface area contributed by atoms with Gasteiger partial charge in [-0.1, -0.05) is 18.2 Å². The van der Waals surface area contributed by atoms with Crippen LogP contribution in [-0.4, -0.2) is 21.8 Å². The molecule has 1 aliphatic rings. The molecular weight excluding hydrogens is 311 g/mol. The number of alkyl halides is 3. The standard InChI is InChI=1S/C15H12F3N3O2/c16-15(17,18)11-5-3-10(4-6-11)13-8-19-14(23-13)20-12-2-1-7-21(22)9-12/h1-6,8-9,22H,7H2,(H,19,20). The molecular formula is C15H12F3N3O2. The van der Waals surface area contributed by atoms with E-state index in [4.69, 9.17) is 4.42 Å². The van der Waals surface area contributed by atoms with Crippen molar-refractivity contribution in [3.8, 4) is 11.3 Å². The monoisotopic (exact) mass is 323 g/mol. The van der Waals surface area contributed by atoms with E-state index in [1.54, 1.807) is 12.2 Å². The van der Waals surface area contributed by atoms with Crippen LogP contribution in [0.3, 0.4) is 0 Å². The van der Waals surface area contributed by atoms with Crippen LogP contribution < -0.4 is 5.32 Å². The van der Waals surface area contributed by atoms with Gasteiger partial charge in [0.05, 0.1) is 30.2 Å². The van der Waals surface area contributed by atoms with Gasteiger partial charge < -0.3 is 9.73 Å². The van der Waals surface area contributed by atoms with Gasteiger partial charge in [-0.3, -0.25) is 10.3 Å². The molecule has 0 saturated carbocycles. The molecule has 0 aliphatic carbocycles. The Labute approximate surface area is 129 Å². The minimum absolute atomic E-state index is 0.172. The van der Waals surface area contributed by atoms with Crippen molar-refractivity contribution in [1.82, 2.24) is 10.0 Å². The van der Waals surface area contributed by atoms with E-state index in [1.807, 2.05) is 0 Å². The van der Waals surface area contributed by atoms with Gasteiger partial charge in [0.1, 0.15) is 0 Å². The summed E-state index contributed by atoms with van der Waals surface area (Å²) in [5, 5.41) is 13.2. The number of halogens is 3. The molecule has 0 bridgehead atoms. The maximum Gasteiger partial charge on any atom is 0.416 e. The first-order valence-corrected chi connectivity index (χ1v) is 6.66. The van der Waals surface area contributed by atoms with Crippen molar-refractivity contribution in [3.63, 3.8) is 0 Å². The molecule has 1 aromatic heterocycles. The fraction of sp³-hybridized carbons (Fsp3) is 0.133. The Bertz CT molecular complexity index is 748. The molecule has 2 heterocycles. The molecule has 0 unspecified atom stereocenters. The molecule has 2 N–H and O–H groups in total. The third kappa shape index (κ3) is 3.54. The predicted molar refractivity (Wildman–Crippen MR) is 76.3 cm³/mol. The molecule has 0 amide bonds. The van der Waals surface area contributed by atoms with Crippen molar-refractivity contribution in [2.24, 2.45) is 0 Å². The molecule has 120 valence electrons. The van der Waals surface area contributed by atoms with E-state index in [1.165, 1.54) is 24.5 Å². The first-order chi connectivity index (χ1) is 10.9. The quantitative estimate of drug-likeness (QED) is 0.898. The number of hydrogen-bond acceptors (Lipinski definition) is 5.